The normalized spacial score (nSPS) is 15.8. The van der Waals surface area contributed by atoms with Crippen LogP contribution in [0, 0.1) is 0 Å². The standard InChI is InChI=1S/C19H15.C13H10.Zr/c1-13-9-10-15(11-13)17-7-4-8-18-16-6-3-2-5-14(16)12-19(17)18;1-3-7-12(8-4-1)11-13-9-5-2-6-10-13;/h2-9,11-12H,10H2,1H3;1-10H;. The summed E-state index contributed by atoms with van der Waals surface area (Å²) < 4.78 is 2.09. The molecule has 0 aliphatic heterocycles. The molecule has 1 unspecified atom stereocenters. The molecule has 0 bridgehead atoms. The Morgan fingerprint density at radius 3 is 1.94 bits per heavy atom. The summed E-state index contributed by atoms with van der Waals surface area (Å²) in [6, 6.07) is 38.2. The van der Waals surface area contributed by atoms with Crippen molar-refractivity contribution in [2.24, 2.45) is 0 Å². The van der Waals surface area contributed by atoms with Crippen LogP contribution in [0.3, 0.4) is 0 Å². The summed E-state index contributed by atoms with van der Waals surface area (Å²) in [4.78, 5) is 0. The third kappa shape index (κ3) is 3.79. The molecule has 4 aromatic carbocycles. The van der Waals surface area contributed by atoms with Gasteiger partial charge in [-0.25, -0.2) is 0 Å². The van der Waals surface area contributed by atoms with E-state index >= 15 is 0 Å². The summed E-state index contributed by atoms with van der Waals surface area (Å²) in [7, 11) is 0. The Hall–Kier alpha value is -2.89. The van der Waals surface area contributed by atoms with Gasteiger partial charge in [-0.3, -0.25) is 0 Å². The maximum absolute atomic E-state index is 2.39. The first-order chi connectivity index (χ1) is 16.3. The summed E-state index contributed by atoms with van der Waals surface area (Å²) >= 11 is -1.08. The molecule has 2 aliphatic carbocycles. The van der Waals surface area contributed by atoms with Crippen LogP contribution in [0.4, 0.5) is 0 Å². The number of benzene rings is 4. The van der Waals surface area contributed by atoms with Gasteiger partial charge in [0.25, 0.3) is 0 Å². The van der Waals surface area contributed by atoms with Crippen LogP contribution in [0.15, 0.2) is 121 Å². The van der Waals surface area contributed by atoms with Gasteiger partial charge in [-0.1, -0.05) is 0 Å². The molecule has 0 nitrogen and oxygen atoms in total. The Balaban J connectivity index is 1.60. The van der Waals surface area contributed by atoms with E-state index in [9.17, 15) is 0 Å². The first-order valence-corrected chi connectivity index (χ1v) is 14.3. The fourth-order valence-electron chi connectivity index (χ4n) is 5.23. The van der Waals surface area contributed by atoms with Crippen LogP contribution in [-0.4, -0.2) is 3.21 Å². The molecule has 0 spiro atoms. The number of fused-ring (bicyclic) bond motifs is 3. The van der Waals surface area contributed by atoms with Gasteiger partial charge < -0.3 is 0 Å². The molecular formula is C32H25Zr. The fourth-order valence-corrected chi connectivity index (χ4v) is 9.70. The first-order valence-electron chi connectivity index (χ1n) is 11.6. The van der Waals surface area contributed by atoms with Crippen molar-refractivity contribution in [1.29, 1.82) is 0 Å². The second kappa shape index (κ2) is 8.81. The molecule has 0 saturated carbocycles. The van der Waals surface area contributed by atoms with Crippen molar-refractivity contribution in [3.05, 3.63) is 149 Å². The summed E-state index contributed by atoms with van der Waals surface area (Å²) in [5.41, 5.74) is 13.1. The van der Waals surface area contributed by atoms with Crippen LogP contribution in [0.2, 0.25) is 0 Å². The SMILES string of the molecule is CC1=CCC(c2cccc3c2[CH]([Zr]=[C](c2ccccc2)c2ccccc2)c2ccccc2-3)=C1. The maximum atomic E-state index is 2.39. The summed E-state index contributed by atoms with van der Waals surface area (Å²) in [6.45, 7) is 2.22. The Bertz CT molecular complexity index is 1380. The zero-order valence-electron chi connectivity index (χ0n) is 18.8. The second-order valence-electron chi connectivity index (χ2n) is 8.86. The Morgan fingerprint density at radius 2 is 1.27 bits per heavy atom. The summed E-state index contributed by atoms with van der Waals surface area (Å²) in [5, 5.41) is 0. The van der Waals surface area contributed by atoms with E-state index in [2.05, 4.69) is 122 Å². The number of allylic oxidation sites excluding steroid dienone is 4. The molecule has 1 atom stereocenters. The van der Waals surface area contributed by atoms with Crippen LogP contribution in [0.5, 0.6) is 0 Å². The molecule has 6 rings (SSSR count). The molecule has 2 aliphatic rings. The van der Waals surface area contributed by atoms with E-state index in [0.29, 0.717) is 3.63 Å². The van der Waals surface area contributed by atoms with Gasteiger partial charge in [0.2, 0.25) is 0 Å². The second-order valence-corrected chi connectivity index (χ2v) is 12.2. The molecule has 0 saturated heterocycles. The average molecular weight is 501 g/mol. The molecular weight excluding hydrogens is 476 g/mol. The molecule has 33 heavy (non-hydrogen) atoms. The molecule has 0 aromatic heterocycles. The van der Waals surface area contributed by atoms with Crippen LogP contribution in [-0.2, 0) is 22.8 Å². The van der Waals surface area contributed by atoms with Gasteiger partial charge in [-0.15, -0.1) is 0 Å². The predicted octanol–water partition coefficient (Wildman–Crippen LogP) is 7.84. The number of hydrogen-bond acceptors (Lipinski definition) is 0. The quantitative estimate of drug-likeness (QED) is 0.268. The van der Waals surface area contributed by atoms with Gasteiger partial charge >= 0.3 is 208 Å². The molecule has 0 heterocycles. The fraction of sp³-hybridized carbons (Fsp3) is 0.0938. The van der Waals surface area contributed by atoms with Crippen molar-refractivity contribution in [1.82, 2.24) is 0 Å². The third-order valence-electron chi connectivity index (χ3n) is 6.76. The van der Waals surface area contributed by atoms with Crippen molar-refractivity contribution in [3.63, 3.8) is 0 Å². The summed E-state index contributed by atoms with van der Waals surface area (Å²) in [5.74, 6) is 0. The van der Waals surface area contributed by atoms with Gasteiger partial charge in [0.15, 0.2) is 0 Å². The van der Waals surface area contributed by atoms with E-state index in [0.717, 1.165) is 6.42 Å². The van der Waals surface area contributed by atoms with E-state index in [1.54, 1.807) is 8.77 Å². The van der Waals surface area contributed by atoms with Gasteiger partial charge in [0, 0.05) is 0 Å². The first kappa shape index (κ1) is 20.7. The molecule has 157 valence electrons. The molecule has 0 amide bonds. The zero-order chi connectivity index (χ0) is 22.2. The monoisotopic (exact) mass is 499 g/mol. The van der Waals surface area contributed by atoms with Crippen LogP contribution in [0.25, 0.3) is 16.7 Å². The van der Waals surface area contributed by atoms with Crippen molar-refractivity contribution >= 4 is 8.78 Å². The van der Waals surface area contributed by atoms with E-state index in [-0.39, 0.29) is 0 Å². The average Bonchev–Trinajstić information content (AvgIpc) is 3.45. The molecule has 0 radical (unpaired) electrons. The number of rotatable bonds is 4. The predicted molar refractivity (Wildman–Crippen MR) is 136 cm³/mol. The number of hydrogen-bond donors (Lipinski definition) is 0. The van der Waals surface area contributed by atoms with Crippen molar-refractivity contribution in [2.75, 3.05) is 0 Å². The van der Waals surface area contributed by atoms with Crippen molar-refractivity contribution in [2.45, 2.75) is 17.0 Å². The van der Waals surface area contributed by atoms with Crippen LogP contribution < -0.4 is 0 Å². The Labute approximate surface area is 207 Å². The van der Waals surface area contributed by atoms with Gasteiger partial charge in [0.1, 0.15) is 0 Å². The van der Waals surface area contributed by atoms with E-state index < -0.39 is 22.8 Å². The van der Waals surface area contributed by atoms with Crippen LogP contribution in [0.1, 0.15) is 44.8 Å². The van der Waals surface area contributed by atoms with Gasteiger partial charge in [-0.05, 0) is 0 Å². The van der Waals surface area contributed by atoms with Gasteiger partial charge in [0.05, 0.1) is 0 Å². The van der Waals surface area contributed by atoms with E-state index in [1.165, 1.54) is 44.5 Å². The van der Waals surface area contributed by atoms with E-state index in [4.69, 9.17) is 0 Å². The molecule has 0 fully saturated rings. The molecule has 0 N–H and O–H groups in total. The van der Waals surface area contributed by atoms with E-state index in [1.807, 2.05) is 0 Å². The van der Waals surface area contributed by atoms with Crippen molar-refractivity contribution in [3.8, 4) is 11.1 Å². The molecule has 4 aromatic rings. The van der Waals surface area contributed by atoms with Gasteiger partial charge in [-0.2, -0.15) is 0 Å². The topological polar surface area (TPSA) is 0 Å². The minimum absolute atomic E-state index is 0.508. The minimum atomic E-state index is -1.08. The Kier molecular flexibility index (Phi) is 5.52. The molecule has 1 heteroatoms. The third-order valence-corrected chi connectivity index (χ3v) is 11.1. The zero-order valence-corrected chi connectivity index (χ0v) is 21.2. The summed E-state index contributed by atoms with van der Waals surface area (Å²) in [6.07, 6.45) is 5.79. The Morgan fingerprint density at radius 1 is 0.667 bits per heavy atom. The van der Waals surface area contributed by atoms with Crippen LogP contribution >= 0.6 is 0 Å². The van der Waals surface area contributed by atoms with Crippen molar-refractivity contribution < 1.29 is 22.8 Å².